The Hall–Kier alpha value is -6.07. The van der Waals surface area contributed by atoms with Gasteiger partial charge in [-0.25, -0.2) is 4.98 Å². The number of hydrogen-bond donors (Lipinski definition) is 2. The molecule has 0 saturated heterocycles. The smallest absolute Gasteiger partial charge is 0.264 e. The van der Waals surface area contributed by atoms with Gasteiger partial charge in [-0.05, 0) is 79.1 Å². The molecule has 2 amide bonds. The predicted molar refractivity (Wildman–Crippen MR) is 190 cm³/mol. The second-order valence-corrected chi connectivity index (χ2v) is 12.8. The Morgan fingerprint density at radius 2 is 1.68 bits per heavy atom. The summed E-state index contributed by atoms with van der Waals surface area (Å²) in [5.41, 5.74) is 13.3. The normalized spacial score (nSPS) is 15.0. The van der Waals surface area contributed by atoms with Gasteiger partial charge in [0.1, 0.15) is 11.4 Å². The van der Waals surface area contributed by atoms with Gasteiger partial charge < -0.3 is 34.3 Å². The molecule has 1 atom stereocenters. The number of fused-ring (bicyclic) bond motifs is 3. The van der Waals surface area contributed by atoms with E-state index in [1.165, 1.54) is 5.56 Å². The summed E-state index contributed by atoms with van der Waals surface area (Å²) in [4.78, 5) is 37.4. The summed E-state index contributed by atoms with van der Waals surface area (Å²) >= 11 is 0. The van der Waals surface area contributed by atoms with Crippen molar-refractivity contribution < 1.29 is 24.2 Å². The molecule has 0 saturated carbocycles. The van der Waals surface area contributed by atoms with Crippen LogP contribution in [0.25, 0.3) is 22.3 Å². The Morgan fingerprint density at radius 3 is 2.44 bits per heavy atom. The first-order valence-corrected chi connectivity index (χ1v) is 16.4. The lowest BCUT2D eigenvalue weighted by Gasteiger charge is -2.37. The summed E-state index contributed by atoms with van der Waals surface area (Å²) in [6.07, 6.45) is 4.26. The minimum Gasteiger partial charge on any atom is -0.508 e. The molecule has 0 unspecified atom stereocenters. The van der Waals surface area contributed by atoms with Gasteiger partial charge in [-0.3, -0.25) is 14.5 Å². The number of aromatic nitrogens is 3. The van der Waals surface area contributed by atoms with Crippen molar-refractivity contribution in [3.05, 3.63) is 119 Å². The van der Waals surface area contributed by atoms with Crippen LogP contribution in [0, 0.1) is 6.92 Å². The number of nitrogens with zero attached hydrogens (tertiary/aromatic N) is 5. The topological polar surface area (TPSA) is 128 Å². The maximum absolute atomic E-state index is 14.7. The fourth-order valence-electron chi connectivity index (χ4n) is 7.07. The second-order valence-electron chi connectivity index (χ2n) is 12.8. The number of hydrogen-bond acceptors (Lipinski definition) is 7. The summed E-state index contributed by atoms with van der Waals surface area (Å²) in [5.74, 6) is 0.628. The van der Waals surface area contributed by atoms with Crippen molar-refractivity contribution >= 4 is 34.2 Å². The van der Waals surface area contributed by atoms with E-state index in [1.807, 2.05) is 83.7 Å². The van der Waals surface area contributed by atoms with Gasteiger partial charge in [0, 0.05) is 67.4 Å². The minimum atomic E-state index is -0.295. The molecular formula is C39H36N6O5. The predicted octanol–water partition coefficient (Wildman–Crippen LogP) is 5.83. The Balaban J connectivity index is 1.23. The molecule has 2 aliphatic heterocycles. The number of pyridine rings is 1. The molecule has 2 aliphatic rings. The van der Waals surface area contributed by atoms with Crippen LogP contribution in [0.4, 0.5) is 11.4 Å². The molecule has 6 aromatic rings. The number of anilines is 2. The van der Waals surface area contributed by atoms with Crippen LogP contribution in [0.1, 0.15) is 37.5 Å². The van der Waals surface area contributed by atoms with Gasteiger partial charge in [-0.1, -0.05) is 24.3 Å². The Morgan fingerprint density at radius 1 is 0.940 bits per heavy atom. The third kappa shape index (κ3) is 5.14. The molecule has 11 nitrogen and oxygen atoms in total. The zero-order valence-corrected chi connectivity index (χ0v) is 28.0. The highest BCUT2D eigenvalue weighted by Crippen LogP contribution is 2.42. The Bertz CT molecular complexity index is 2310. The number of rotatable bonds is 6. The molecule has 3 aromatic heterocycles. The summed E-state index contributed by atoms with van der Waals surface area (Å²) in [7, 11) is 3.80. The van der Waals surface area contributed by atoms with Crippen molar-refractivity contribution in [3.63, 3.8) is 0 Å². The van der Waals surface area contributed by atoms with Crippen molar-refractivity contribution in [2.24, 2.45) is 19.8 Å². The maximum Gasteiger partial charge on any atom is 0.264 e. The zero-order chi connectivity index (χ0) is 34.7. The lowest BCUT2D eigenvalue weighted by atomic mass is 9.92. The third-order valence-corrected chi connectivity index (χ3v) is 9.93. The summed E-state index contributed by atoms with van der Waals surface area (Å²) in [6, 6.07) is 23.7. The third-order valence-electron chi connectivity index (χ3n) is 9.93. The lowest BCUT2D eigenvalue weighted by molar-refractivity contribution is 0.0648. The summed E-state index contributed by atoms with van der Waals surface area (Å²) in [5, 5.41) is 10.9. The molecule has 0 fully saturated rings. The first-order chi connectivity index (χ1) is 24.2. The first kappa shape index (κ1) is 31.2. The molecule has 3 aromatic carbocycles. The number of ether oxygens (including phenoxy) is 2. The average Bonchev–Trinajstić information content (AvgIpc) is 3.84. The van der Waals surface area contributed by atoms with E-state index in [-0.39, 0.29) is 30.4 Å². The van der Waals surface area contributed by atoms with Crippen LogP contribution in [-0.4, -0.2) is 55.3 Å². The number of amides is 2. The number of nitrogens with two attached hydrogens (primary N) is 1. The van der Waals surface area contributed by atoms with Crippen LogP contribution in [0.5, 0.6) is 17.2 Å². The largest absolute Gasteiger partial charge is 0.508 e. The Kier molecular flexibility index (Phi) is 7.56. The van der Waals surface area contributed by atoms with Crippen molar-refractivity contribution in [3.8, 4) is 28.5 Å². The van der Waals surface area contributed by atoms with Gasteiger partial charge >= 0.3 is 0 Å². The molecule has 0 aliphatic carbocycles. The first-order valence-electron chi connectivity index (χ1n) is 16.4. The molecule has 50 heavy (non-hydrogen) atoms. The van der Waals surface area contributed by atoms with E-state index in [2.05, 4.69) is 11.1 Å². The molecule has 11 heteroatoms. The molecule has 0 bridgehead atoms. The number of aromatic hydroxyl groups is 1. The molecule has 5 heterocycles. The van der Waals surface area contributed by atoms with Crippen LogP contribution in [0.15, 0.2) is 91.3 Å². The molecule has 0 radical (unpaired) electrons. The number of phenols is 1. The van der Waals surface area contributed by atoms with Gasteiger partial charge in [0.15, 0.2) is 11.5 Å². The fourth-order valence-corrected chi connectivity index (χ4v) is 7.07. The molecule has 3 N–H and O–H groups in total. The number of benzene rings is 3. The monoisotopic (exact) mass is 668 g/mol. The van der Waals surface area contributed by atoms with Crippen molar-refractivity contribution in [1.82, 2.24) is 19.0 Å². The number of carbonyl (C=O) groups is 2. The lowest BCUT2D eigenvalue weighted by Crippen LogP contribution is -2.48. The average molecular weight is 669 g/mol. The van der Waals surface area contributed by atoms with E-state index in [0.29, 0.717) is 70.5 Å². The number of phenolic OH excluding ortho intramolecular Hbond substituents is 1. The highest BCUT2D eigenvalue weighted by atomic mass is 16.7. The zero-order valence-electron chi connectivity index (χ0n) is 28.0. The van der Waals surface area contributed by atoms with E-state index in [9.17, 15) is 14.7 Å². The van der Waals surface area contributed by atoms with Gasteiger partial charge in [0.2, 0.25) is 6.79 Å². The van der Waals surface area contributed by atoms with Crippen molar-refractivity contribution in [2.45, 2.75) is 25.9 Å². The van der Waals surface area contributed by atoms with Gasteiger partial charge in [-0.15, -0.1) is 0 Å². The molecule has 0 spiro atoms. The molecular weight excluding hydrogens is 632 g/mol. The molecule has 252 valence electrons. The standard InChI is InChI=1S/C39H36N6O5/c1-23-31(39(48)45(27-8-10-30(46)11-9-27)29-15-25-12-13-42(2)37(25)41-20-29)16-34(43(23)3)32-17-35-36(50-22-49-35)18-33(32)38(47)44-21-26-7-5-4-6-24(26)14-28(44)19-40/h4-13,15-18,20,28,46H,14,19,21-22,40H2,1-3H3/t28-/m0/s1. The van der Waals surface area contributed by atoms with Crippen molar-refractivity contribution in [1.29, 1.82) is 0 Å². The van der Waals surface area contributed by atoms with Crippen LogP contribution in [0.3, 0.4) is 0 Å². The highest BCUT2D eigenvalue weighted by molar-refractivity contribution is 6.13. The van der Waals surface area contributed by atoms with Gasteiger partial charge in [-0.2, -0.15) is 0 Å². The van der Waals surface area contributed by atoms with E-state index in [0.717, 1.165) is 16.6 Å². The maximum atomic E-state index is 14.7. The minimum absolute atomic E-state index is 0.0478. The van der Waals surface area contributed by atoms with Crippen LogP contribution >= 0.6 is 0 Å². The Labute approximate surface area is 288 Å². The fraction of sp³-hybridized carbons (Fsp3) is 0.205. The van der Waals surface area contributed by atoms with Gasteiger partial charge in [0.25, 0.3) is 11.8 Å². The molecule has 8 rings (SSSR count). The van der Waals surface area contributed by atoms with Crippen LogP contribution in [-0.2, 0) is 27.1 Å². The quantitative estimate of drug-likeness (QED) is 0.229. The van der Waals surface area contributed by atoms with E-state index >= 15 is 0 Å². The number of aryl methyl sites for hydroxylation is 1. The van der Waals surface area contributed by atoms with Crippen molar-refractivity contribution in [2.75, 3.05) is 18.2 Å². The summed E-state index contributed by atoms with van der Waals surface area (Å²) < 4.78 is 15.3. The van der Waals surface area contributed by atoms with E-state index < -0.39 is 0 Å². The van der Waals surface area contributed by atoms with Crippen LogP contribution < -0.4 is 20.1 Å². The second kappa shape index (κ2) is 12.1. The highest BCUT2D eigenvalue weighted by Gasteiger charge is 2.34. The van der Waals surface area contributed by atoms with E-state index in [4.69, 9.17) is 15.2 Å². The van der Waals surface area contributed by atoms with Crippen LogP contribution in [0.2, 0.25) is 0 Å². The SMILES string of the molecule is Cc1c(C(=O)N(c2ccc(O)cc2)c2cnc3c(ccn3C)c2)cc(-c2cc3c(cc2C(=O)N2Cc4ccccc4C[C@H]2CN)OCO3)n1C. The van der Waals surface area contributed by atoms with Gasteiger partial charge in [0.05, 0.1) is 23.0 Å². The summed E-state index contributed by atoms with van der Waals surface area (Å²) in [6.45, 7) is 2.68. The van der Waals surface area contributed by atoms with E-state index in [1.54, 1.807) is 41.4 Å². The number of carbonyl (C=O) groups excluding carboxylic acids is 2.